The van der Waals surface area contributed by atoms with Crippen molar-refractivity contribution in [1.29, 1.82) is 0 Å². The van der Waals surface area contributed by atoms with E-state index in [1.807, 2.05) is 0 Å². The van der Waals surface area contributed by atoms with Crippen LogP contribution >= 0.6 is 0 Å². The summed E-state index contributed by atoms with van der Waals surface area (Å²) < 4.78 is 44.8. The Morgan fingerprint density at radius 2 is 1.85 bits per heavy atom. The van der Waals surface area contributed by atoms with Crippen LogP contribution in [-0.4, -0.2) is 28.2 Å². The molecule has 1 heterocycles. The number of halogens is 3. The van der Waals surface area contributed by atoms with Crippen LogP contribution in [0.3, 0.4) is 0 Å². The molecule has 0 radical (unpaired) electrons. The Labute approximate surface area is 191 Å². The molecule has 11 heteroatoms. The molecule has 2 amide bonds. The van der Waals surface area contributed by atoms with E-state index in [1.165, 1.54) is 42.7 Å². The number of amides is 2. The van der Waals surface area contributed by atoms with Crippen LogP contribution in [0, 0.1) is 10.1 Å². The summed E-state index contributed by atoms with van der Waals surface area (Å²) >= 11 is 0. The molecule has 8 nitrogen and oxygen atoms in total. The number of benzene rings is 2. The molecule has 1 N–H and O–H groups in total. The van der Waals surface area contributed by atoms with Gasteiger partial charge in [0.1, 0.15) is 12.3 Å². The molecule has 0 aliphatic rings. The summed E-state index contributed by atoms with van der Waals surface area (Å²) in [6.45, 7) is -0.690. The molecule has 3 rings (SSSR count). The van der Waals surface area contributed by atoms with Gasteiger partial charge in [0.25, 0.3) is 5.69 Å². The van der Waals surface area contributed by atoms with Crippen LogP contribution in [-0.2, 0) is 22.3 Å². The molecule has 0 atom stereocenters. The first kappa shape index (κ1) is 24.2. The maximum Gasteiger partial charge on any atom is 0.418 e. The minimum atomic E-state index is -4.67. The summed E-state index contributed by atoms with van der Waals surface area (Å²) in [7, 11) is 0. The fraction of sp³-hybridized carbons (Fsp3) is 0.130. The maximum absolute atomic E-state index is 13.2. The second-order valence-electron chi connectivity index (χ2n) is 7.05. The van der Waals surface area contributed by atoms with E-state index in [4.69, 9.17) is 4.42 Å². The SMILES string of the molecule is O=C(CN(Cc1ccco1)C(=O)/C=C/c1cccc([N+](=O)[O-])c1)Nc1ccccc1C(F)(F)F. The zero-order valence-corrected chi connectivity index (χ0v) is 17.5. The summed E-state index contributed by atoms with van der Waals surface area (Å²) in [4.78, 5) is 36.7. The van der Waals surface area contributed by atoms with E-state index in [1.54, 1.807) is 18.2 Å². The van der Waals surface area contributed by atoms with E-state index in [0.29, 0.717) is 11.3 Å². The predicted octanol–water partition coefficient (Wildman–Crippen LogP) is 4.89. The fourth-order valence-electron chi connectivity index (χ4n) is 3.02. The van der Waals surface area contributed by atoms with Crippen molar-refractivity contribution >= 4 is 29.3 Å². The lowest BCUT2D eigenvalue weighted by atomic mass is 10.1. The van der Waals surface area contributed by atoms with Crippen molar-refractivity contribution in [2.75, 3.05) is 11.9 Å². The van der Waals surface area contributed by atoms with Crippen molar-refractivity contribution in [3.05, 3.63) is 100 Å². The van der Waals surface area contributed by atoms with Crippen LogP contribution in [0.25, 0.3) is 6.08 Å². The van der Waals surface area contributed by atoms with Crippen molar-refractivity contribution in [1.82, 2.24) is 4.90 Å². The van der Waals surface area contributed by atoms with Gasteiger partial charge in [-0.3, -0.25) is 19.7 Å². The molecule has 0 unspecified atom stereocenters. The van der Waals surface area contributed by atoms with E-state index < -0.39 is 40.7 Å². The third-order valence-corrected chi connectivity index (χ3v) is 4.58. The zero-order chi connectivity index (χ0) is 24.7. The first-order valence-corrected chi connectivity index (χ1v) is 9.83. The summed E-state index contributed by atoms with van der Waals surface area (Å²) in [6, 6.07) is 13.2. The molecule has 0 saturated heterocycles. The Morgan fingerprint density at radius 3 is 2.53 bits per heavy atom. The van der Waals surface area contributed by atoms with Gasteiger partial charge >= 0.3 is 6.18 Å². The summed E-state index contributed by atoms with van der Waals surface area (Å²) in [5.41, 5.74) is -1.23. The number of nitro benzene ring substituents is 1. The minimum Gasteiger partial charge on any atom is -0.467 e. The van der Waals surface area contributed by atoms with Gasteiger partial charge in [-0.15, -0.1) is 0 Å². The topological polar surface area (TPSA) is 106 Å². The number of carbonyl (C=O) groups excluding carboxylic acids is 2. The second kappa shape index (κ2) is 10.5. The molecule has 34 heavy (non-hydrogen) atoms. The Bertz CT molecular complexity index is 1210. The second-order valence-corrected chi connectivity index (χ2v) is 7.05. The standard InChI is InChI=1S/C23H18F3N3O5/c24-23(25,26)19-8-1-2-9-20(19)27-21(30)15-28(14-18-7-4-12-34-18)22(31)11-10-16-5-3-6-17(13-16)29(32)33/h1-13H,14-15H2,(H,27,30)/b11-10+. The molecule has 0 bridgehead atoms. The number of hydrogen-bond acceptors (Lipinski definition) is 5. The highest BCUT2D eigenvalue weighted by atomic mass is 19.4. The summed E-state index contributed by atoms with van der Waals surface area (Å²) in [5, 5.41) is 13.1. The summed E-state index contributed by atoms with van der Waals surface area (Å²) in [5.74, 6) is -1.15. The Hall–Kier alpha value is -4.41. The molecule has 0 aliphatic heterocycles. The van der Waals surface area contributed by atoms with Crippen LogP contribution in [0.15, 0.2) is 77.4 Å². The van der Waals surface area contributed by atoms with Crippen molar-refractivity contribution < 1.29 is 32.1 Å². The summed E-state index contributed by atoms with van der Waals surface area (Å²) in [6.07, 6.45) is -0.856. The Balaban J connectivity index is 1.77. The Morgan fingerprint density at radius 1 is 1.09 bits per heavy atom. The first-order valence-electron chi connectivity index (χ1n) is 9.83. The van der Waals surface area contributed by atoms with E-state index in [2.05, 4.69) is 5.32 Å². The van der Waals surface area contributed by atoms with Gasteiger partial charge in [0.2, 0.25) is 11.8 Å². The molecular weight excluding hydrogens is 455 g/mol. The molecule has 0 spiro atoms. The van der Waals surface area contributed by atoms with E-state index >= 15 is 0 Å². The highest BCUT2D eigenvalue weighted by Gasteiger charge is 2.33. The monoisotopic (exact) mass is 473 g/mol. The average molecular weight is 473 g/mol. The van der Waals surface area contributed by atoms with E-state index in [-0.39, 0.29) is 12.2 Å². The number of nitrogens with zero attached hydrogens (tertiary/aromatic N) is 2. The third-order valence-electron chi connectivity index (χ3n) is 4.58. The number of alkyl halides is 3. The number of para-hydroxylation sites is 1. The van der Waals surface area contributed by atoms with E-state index in [9.17, 15) is 32.9 Å². The number of hydrogen-bond donors (Lipinski definition) is 1. The highest BCUT2D eigenvalue weighted by Crippen LogP contribution is 2.34. The minimum absolute atomic E-state index is 0.126. The molecule has 0 fully saturated rings. The van der Waals surface area contributed by atoms with Gasteiger partial charge in [-0.05, 0) is 35.9 Å². The molecule has 176 valence electrons. The predicted molar refractivity (Wildman–Crippen MR) is 116 cm³/mol. The van der Waals surface area contributed by atoms with Gasteiger partial charge in [-0.1, -0.05) is 24.3 Å². The highest BCUT2D eigenvalue weighted by molar-refractivity contribution is 5.98. The zero-order valence-electron chi connectivity index (χ0n) is 17.5. The molecule has 0 saturated carbocycles. The quantitative estimate of drug-likeness (QED) is 0.285. The number of rotatable bonds is 8. The normalized spacial score (nSPS) is 11.4. The van der Waals surface area contributed by atoms with Gasteiger partial charge < -0.3 is 14.6 Å². The van der Waals surface area contributed by atoms with Crippen LogP contribution in [0.1, 0.15) is 16.9 Å². The smallest absolute Gasteiger partial charge is 0.418 e. The number of non-ortho nitro benzene ring substituents is 1. The molecule has 3 aromatic rings. The van der Waals surface area contributed by atoms with Gasteiger partial charge in [0.15, 0.2) is 0 Å². The van der Waals surface area contributed by atoms with Crippen molar-refractivity contribution in [3.63, 3.8) is 0 Å². The lowest BCUT2D eigenvalue weighted by molar-refractivity contribution is -0.384. The van der Waals surface area contributed by atoms with Gasteiger partial charge in [-0.25, -0.2) is 0 Å². The third kappa shape index (κ3) is 6.55. The lowest BCUT2D eigenvalue weighted by Gasteiger charge is -2.20. The van der Waals surface area contributed by atoms with Crippen LogP contribution < -0.4 is 5.32 Å². The first-order chi connectivity index (χ1) is 16.1. The van der Waals surface area contributed by atoms with Crippen molar-refractivity contribution in [2.45, 2.75) is 12.7 Å². The van der Waals surface area contributed by atoms with Gasteiger partial charge in [0, 0.05) is 18.2 Å². The molecule has 2 aromatic carbocycles. The lowest BCUT2D eigenvalue weighted by Crippen LogP contribution is -2.36. The van der Waals surface area contributed by atoms with Crippen molar-refractivity contribution in [3.8, 4) is 0 Å². The number of furan rings is 1. The average Bonchev–Trinajstić information content (AvgIpc) is 3.30. The number of nitrogens with one attached hydrogen (secondary N) is 1. The van der Waals surface area contributed by atoms with Crippen LogP contribution in [0.5, 0.6) is 0 Å². The van der Waals surface area contributed by atoms with Crippen molar-refractivity contribution in [2.24, 2.45) is 0 Å². The Kier molecular flexibility index (Phi) is 7.46. The largest absolute Gasteiger partial charge is 0.467 e. The van der Waals surface area contributed by atoms with E-state index in [0.717, 1.165) is 23.1 Å². The van der Waals surface area contributed by atoms with Crippen LogP contribution in [0.4, 0.5) is 24.5 Å². The van der Waals surface area contributed by atoms with Gasteiger partial charge in [0.05, 0.1) is 29.0 Å². The number of carbonyl (C=O) groups is 2. The van der Waals surface area contributed by atoms with Crippen LogP contribution in [0.2, 0.25) is 0 Å². The molecule has 0 aliphatic carbocycles. The maximum atomic E-state index is 13.2. The van der Waals surface area contributed by atoms with Gasteiger partial charge in [-0.2, -0.15) is 13.2 Å². The molecule has 1 aromatic heterocycles. The fourth-order valence-corrected chi connectivity index (χ4v) is 3.02. The molecular formula is C23H18F3N3O5. The number of nitro groups is 1. The number of anilines is 1.